The van der Waals surface area contributed by atoms with E-state index in [1.54, 1.807) is 0 Å². The number of hydrogen-bond acceptors (Lipinski definition) is 1. The van der Waals surface area contributed by atoms with Crippen LogP contribution in [-0.4, -0.2) is 18.1 Å². The van der Waals surface area contributed by atoms with Gasteiger partial charge in [0.25, 0.3) is 6.43 Å². The smallest absolute Gasteiger partial charge is 0.272 e. The molecule has 11 heavy (non-hydrogen) atoms. The molecule has 0 aromatic rings. The van der Waals surface area contributed by atoms with Crippen molar-refractivity contribution in [2.45, 2.75) is 43.8 Å². The third kappa shape index (κ3) is 1.86. The zero-order valence-corrected chi connectivity index (χ0v) is 6.19. The van der Waals surface area contributed by atoms with Crippen molar-refractivity contribution in [2.75, 3.05) is 0 Å². The molecular formula is C7H12F3N. The highest BCUT2D eigenvalue weighted by Crippen LogP contribution is 2.36. The summed E-state index contributed by atoms with van der Waals surface area (Å²) in [6, 6.07) is -0.386. The van der Waals surface area contributed by atoms with Crippen molar-refractivity contribution in [3.63, 3.8) is 0 Å². The van der Waals surface area contributed by atoms with Crippen LogP contribution in [0.15, 0.2) is 0 Å². The van der Waals surface area contributed by atoms with Crippen molar-refractivity contribution in [2.24, 2.45) is 5.73 Å². The zero-order chi connectivity index (χ0) is 8.48. The van der Waals surface area contributed by atoms with Gasteiger partial charge in [-0.3, -0.25) is 0 Å². The highest BCUT2D eigenvalue weighted by atomic mass is 19.3. The predicted octanol–water partition coefficient (Wildman–Crippen LogP) is 1.86. The molecule has 0 heterocycles. The summed E-state index contributed by atoms with van der Waals surface area (Å²) < 4.78 is 37.2. The van der Waals surface area contributed by atoms with Gasteiger partial charge in [0.15, 0.2) is 5.67 Å². The summed E-state index contributed by atoms with van der Waals surface area (Å²) in [4.78, 5) is 0. The van der Waals surface area contributed by atoms with E-state index in [2.05, 4.69) is 0 Å². The fraction of sp³-hybridized carbons (Fsp3) is 1.00. The molecule has 1 aliphatic rings. The quantitative estimate of drug-likeness (QED) is 0.633. The summed E-state index contributed by atoms with van der Waals surface area (Å²) in [7, 11) is 0. The molecule has 1 aliphatic carbocycles. The zero-order valence-electron chi connectivity index (χ0n) is 6.19. The lowest BCUT2D eigenvalue weighted by Crippen LogP contribution is -2.42. The molecule has 2 atom stereocenters. The largest absolute Gasteiger partial charge is 0.328 e. The Bertz CT molecular complexity index is 140. The Labute approximate surface area is 63.8 Å². The van der Waals surface area contributed by atoms with Crippen LogP contribution < -0.4 is 5.73 Å². The van der Waals surface area contributed by atoms with Gasteiger partial charge >= 0.3 is 0 Å². The summed E-state index contributed by atoms with van der Waals surface area (Å²) in [5, 5.41) is 0. The first-order valence-electron chi connectivity index (χ1n) is 3.77. The molecule has 1 fully saturated rings. The summed E-state index contributed by atoms with van der Waals surface area (Å²) in [6.45, 7) is 0. The molecule has 2 unspecified atom stereocenters. The van der Waals surface area contributed by atoms with Gasteiger partial charge < -0.3 is 5.73 Å². The standard InChI is InChI=1S/C7H12F3N/c8-6(9)7(10)3-1-2-5(11)4-7/h5-6H,1-4,11H2. The van der Waals surface area contributed by atoms with Crippen LogP contribution >= 0.6 is 0 Å². The van der Waals surface area contributed by atoms with Crippen molar-refractivity contribution in [1.82, 2.24) is 0 Å². The highest BCUT2D eigenvalue weighted by molar-refractivity contribution is 4.90. The van der Waals surface area contributed by atoms with Gasteiger partial charge in [0.2, 0.25) is 0 Å². The van der Waals surface area contributed by atoms with Crippen molar-refractivity contribution >= 4 is 0 Å². The average molecular weight is 167 g/mol. The van der Waals surface area contributed by atoms with Crippen LogP contribution in [0.3, 0.4) is 0 Å². The maximum Gasteiger partial charge on any atom is 0.272 e. The fourth-order valence-corrected chi connectivity index (χ4v) is 1.50. The van der Waals surface area contributed by atoms with Gasteiger partial charge in [-0.15, -0.1) is 0 Å². The molecule has 1 rings (SSSR count). The van der Waals surface area contributed by atoms with Crippen molar-refractivity contribution < 1.29 is 13.2 Å². The minimum absolute atomic E-state index is 0.0433. The lowest BCUT2D eigenvalue weighted by molar-refractivity contribution is -0.0609. The minimum atomic E-state index is -2.88. The summed E-state index contributed by atoms with van der Waals surface area (Å²) in [5.74, 6) is 0. The second-order valence-corrected chi connectivity index (χ2v) is 3.19. The number of alkyl halides is 3. The molecular weight excluding hydrogens is 155 g/mol. The monoisotopic (exact) mass is 167 g/mol. The average Bonchev–Trinajstić information content (AvgIpc) is 1.86. The van der Waals surface area contributed by atoms with E-state index in [0.717, 1.165) is 0 Å². The maximum atomic E-state index is 13.1. The maximum absolute atomic E-state index is 13.1. The Balaban J connectivity index is 2.55. The highest BCUT2D eigenvalue weighted by Gasteiger charge is 2.43. The summed E-state index contributed by atoms with van der Waals surface area (Å²) in [5.41, 5.74) is 3.07. The topological polar surface area (TPSA) is 26.0 Å². The van der Waals surface area contributed by atoms with Gasteiger partial charge in [0.1, 0.15) is 0 Å². The third-order valence-electron chi connectivity index (χ3n) is 2.16. The molecule has 66 valence electrons. The molecule has 1 saturated carbocycles. The van der Waals surface area contributed by atoms with E-state index in [0.29, 0.717) is 12.8 Å². The number of nitrogens with two attached hydrogens (primary N) is 1. The third-order valence-corrected chi connectivity index (χ3v) is 2.16. The van der Waals surface area contributed by atoms with Gasteiger partial charge in [-0.05, 0) is 19.3 Å². The molecule has 0 aromatic heterocycles. The molecule has 0 saturated heterocycles. The number of rotatable bonds is 1. The Morgan fingerprint density at radius 1 is 1.45 bits per heavy atom. The summed E-state index contributed by atoms with van der Waals surface area (Å²) >= 11 is 0. The van der Waals surface area contributed by atoms with Crippen LogP contribution in [0.4, 0.5) is 13.2 Å². The van der Waals surface area contributed by atoms with Crippen molar-refractivity contribution in [1.29, 1.82) is 0 Å². The Morgan fingerprint density at radius 2 is 2.09 bits per heavy atom. The van der Waals surface area contributed by atoms with E-state index in [9.17, 15) is 13.2 Å². The molecule has 0 amide bonds. The van der Waals surface area contributed by atoms with Gasteiger partial charge in [-0.2, -0.15) is 0 Å². The molecule has 2 N–H and O–H groups in total. The van der Waals surface area contributed by atoms with E-state index in [1.165, 1.54) is 0 Å². The number of halogens is 3. The van der Waals surface area contributed by atoms with E-state index in [1.807, 2.05) is 0 Å². The van der Waals surface area contributed by atoms with Gasteiger partial charge in [0, 0.05) is 12.5 Å². The summed E-state index contributed by atoms with van der Waals surface area (Å²) in [6.07, 6.45) is -1.97. The molecule has 0 bridgehead atoms. The Kier molecular flexibility index (Phi) is 2.42. The van der Waals surface area contributed by atoms with Gasteiger partial charge in [-0.25, -0.2) is 13.2 Å². The normalized spacial score (nSPS) is 39.5. The SMILES string of the molecule is NC1CCCC(F)(C(F)F)C1. The molecule has 1 nitrogen and oxygen atoms in total. The van der Waals surface area contributed by atoms with E-state index >= 15 is 0 Å². The van der Waals surface area contributed by atoms with Gasteiger partial charge in [0.05, 0.1) is 0 Å². The van der Waals surface area contributed by atoms with Crippen LogP contribution in [0, 0.1) is 0 Å². The van der Waals surface area contributed by atoms with Crippen LogP contribution in [0.5, 0.6) is 0 Å². The van der Waals surface area contributed by atoms with Crippen molar-refractivity contribution in [3.05, 3.63) is 0 Å². The van der Waals surface area contributed by atoms with Crippen LogP contribution in [0.2, 0.25) is 0 Å². The lowest BCUT2D eigenvalue weighted by Gasteiger charge is -2.31. The van der Waals surface area contributed by atoms with E-state index in [4.69, 9.17) is 5.73 Å². The molecule has 0 spiro atoms. The van der Waals surface area contributed by atoms with Crippen LogP contribution in [0.25, 0.3) is 0 Å². The second kappa shape index (κ2) is 3.01. The van der Waals surface area contributed by atoms with Crippen molar-refractivity contribution in [3.8, 4) is 0 Å². The van der Waals surface area contributed by atoms with E-state index < -0.39 is 12.1 Å². The first-order valence-corrected chi connectivity index (χ1v) is 3.77. The lowest BCUT2D eigenvalue weighted by atomic mass is 9.84. The van der Waals surface area contributed by atoms with Gasteiger partial charge in [-0.1, -0.05) is 0 Å². The second-order valence-electron chi connectivity index (χ2n) is 3.19. The molecule has 0 radical (unpaired) electrons. The Hall–Kier alpha value is -0.250. The predicted molar refractivity (Wildman–Crippen MR) is 36.3 cm³/mol. The molecule has 0 aromatic carbocycles. The Morgan fingerprint density at radius 3 is 2.45 bits per heavy atom. The first-order chi connectivity index (χ1) is 5.04. The number of hydrogen-bond donors (Lipinski definition) is 1. The van der Waals surface area contributed by atoms with Crippen LogP contribution in [-0.2, 0) is 0 Å². The minimum Gasteiger partial charge on any atom is -0.328 e. The first kappa shape index (κ1) is 8.84. The molecule has 0 aliphatic heterocycles. The molecule has 4 heteroatoms. The van der Waals surface area contributed by atoms with E-state index in [-0.39, 0.29) is 18.9 Å². The fourth-order valence-electron chi connectivity index (χ4n) is 1.50. The van der Waals surface area contributed by atoms with Crippen LogP contribution in [0.1, 0.15) is 25.7 Å².